The molecule has 1 aromatic carbocycles. The van der Waals surface area contributed by atoms with Crippen molar-refractivity contribution in [1.82, 2.24) is 4.98 Å². The van der Waals surface area contributed by atoms with Crippen LogP contribution in [0.4, 0.5) is 0 Å². The van der Waals surface area contributed by atoms with E-state index in [9.17, 15) is 0 Å². The quantitative estimate of drug-likeness (QED) is 0.942. The lowest BCUT2D eigenvalue weighted by Crippen LogP contribution is -1.96. The van der Waals surface area contributed by atoms with Gasteiger partial charge < -0.3 is 5.73 Å². The zero-order valence-corrected chi connectivity index (χ0v) is 11.0. The van der Waals surface area contributed by atoms with E-state index < -0.39 is 0 Å². The van der Waals surface area contributed by atoms with E-state index >= 15 is 0 Å². The van der Waals surface area contributed by atoms with Gasteiger partial charge in [0, 0.05) is 22.1 Å². The summed E-state index contributed by atoms with van der Waals surface area (Å²) in [6.07, 6.45) is 1.80. The molecule has 0 fully saturated rings. The highest BCUT2D eigenvalue weighted by molar-refractivity contribution is 9.10. The second-order valence-corrected chi connectivity index (χ2v) is 5.27. The van der Waals surface area contributed by atoms with Crippen LogP contribution in [0.15, 0.2) is 57.0 Å². The fourth-order valence-electron chi connectivity index (χ4n) is 1.26. The van der Waals surface area contributed by atoms with Gasteiger partial charge in [0.2, 0.25) is 0 Å². The molecule has 82 valence electrons. The lowest BCUT2D eigenvalue weighted by Gasteiger charge is -2.02. The van der Waals surface area contributed by atoms with Crippen LogP contribution in [0.1, 0.15) is 5.56 Å². The van der Waals surface area contributed by atoms with Crippen LogP contribution in [0.5, 0.6) is 0 Å². The fraction of sp³-hybridized carbons (Fsp3) is 0.0833. The van der Waals surface area contributed by atoms with E-state index in [4.69, 9.17) is 5.73 Å². The van der Waals surface area contributed by atoms with Gasteiger partial charge in [0.15, 0.2) is 0 Å². The van der Waals surface area contributed by atoms with Crippen molar-refractivity contribution < 1.29 is 0 Å². The highest BCUT2D eigenvalue weighted by Crippen LogP contribution is 2.27. The van der Waals surface area contributed by atoms with Crippen LogP contribution < -0.4 is 5.73 Å². The highest BCUT2D eigenvalue weighted by Gasteiger charge is 1.99. The van der Waals surface area contributed by atoms with Gasteiger partial charge in [-0.25, -0.2) is 4.98 Å². The summed E-state index contributed by atoms with van der Waals surface area (Å²) in [5, 5.41) is 0.977. The molecule has 2 rings (SSSR count). The molecule has 0 bridgehead atoms. The van der Waals surface area contributed by atoms with Crippen LogP contribution in [-0.4, -0.2) is 4.98 Å². The molecule has 0 aliphatic heterocycles. The average Bonchev–Trinajstić information content (AvgIpc) is 2.32. The normalized spacial score (nSPS) is 10.4. The molecule has 0 atom stereocenters. The van der Waals surface area contributed by atoms with Gasteiger partial charge in [-0.2, -0.15) is 0 Å². The molecule has 16 heavy (non-hydrogen) atoms. The summed E-state index contributed by atoms with van der Waals surface area (Å²) >= 11 is 5.05. The first-order valence-corrected chi connectivity index (χ1v) is 6.47. The monoisotopic (exact) mass is 294 g/mol. The maximum Gasteiger partial charge on any atom is 0.101 e. The number of hydrogen-bond donors (Lipinski definition) is 1. The maximum absolute atomic E-state index is 5.59. The van der Waals surface area contributed by atoms with Gasteiger partial charge in [-0.05, 0) is 42.0 Å². The molecule has 4 heteroatoms. The molecule has 0 saturated carbocycles. The van der Waals surface area contributed by atoms with E-state index in [2.05, 4.69) is 33.0 Å². The van der Waals surface area contributed by atoms with Gasteiger partial charge in [0.05, 0.1) is 0 Å². The zero-order valence-electron chi connectivity index (χ0n) is 8.56. The van der Waals surface area contributed by atoms with Crippen molar-refractivity contribution in [3.8, 4) is 0 Å². The zero-order chi connectivity index (χ0) is 11.4. The number of hydrogen-bond acceptors (Lipinski definition) is 3. The van der Waals surface area contributed by atoms with Gasteiger partial charge in [-0.1, -0.05) is 27.7 Å². The second kappa shape index (κ2) is 5.48. The van der Waals surface area contributed by atoms with Crippen molar-refractivity contribution in [2.75, 3.05) is 0 Å². The Hall–Kier alpha value is -0.840. The van der Waals surface area contributed by atoms with Crippen LogP contribution in [0.2, 0.25) is 0 Å². The van der Waals surface area contributed by atoms with Crippen LogP contribution in [0.25, 0.3) is 0 Å². The predicted octanol–water partition coefficient (Wildman–Crippen LogP) is 3.45. The molecule has 2 aromatic rings. The van der Waals surface area contributed by atoms with Gasteiger partial charge in [-0.15, -0.1) is 0 Å². The lowest BCUT2D eigenvalue weighted by molar-refractivity contribution is 1.02. The van der Waals surface area contributed by atoms with Crippen molar-refractivity contribution >= 4 is 27.7 Å². The summed E-state index contributed by atoms with van der Waals surface area (Å²) in [5.41, 5.74) is 6.69. The molecule has 2 nitrogen and oxygen atoms in total. The van der Waals surface area contributed by atoms with Crippen molar-refractivity contribution in [3.63, 3.8) is 0 Å². The van der Waals surface area contributed by atoms with Gasteiger partial charge in [0.25, 0.3) is 0 Å². The third kappa shape index (κ3) is 3.07. The van der Waals surface area contributed by atoms with E-state index in [1.807, 2.05) is 24.3 Å². The topological polar surface area (TPSA) is 38.9 Å². The number of aromatic nitrogens is 1. The van der Waals surface area contributed by atoms with Crippen LogP contribution >= 0.6 is 27.7 Å². The molecule has 0 radical (unpaired) electrons. The molecule has 0 saturated heterocycles. The third-order valence-corrected chi connectivity index (χ3v) is 3.54. The minimum atomic E-state index is 0.552. The summed E-state index contributed by atoms with van der Waals surface area (Å²) in [7, 11) is 0. The minimum Gasteiger partial charge on any atom is -0.326 e. The first kappa shape index (κ1) is 11.6. The summed E-state index contributed by atoms with van der Waals surface area (Å²) in [4.78, 5) is 5.47. The van der Waals surface area contributed by atoms with Gasteiger partial charge in [0.1, 0.15) is 5.03 Å². The number of rotatable bonds is 3. The molecule has 0 aliphatic rings. The van der Waals surface area contributed by atoms with Gasteiger partial charge in [-0.3, -0.25) is 0 Å². The second-order valence-electron chi connectivity index (χ2n) is 3.26. The number of pyridine rings is 1. The van der Waals surface area contributed by atoms with Crippen LogP contribution in [-0.2, 0) is 6.54 Å². The molecule has 2 N–H and O–H groups in total. The van der Waals surface area contributed by atoms with E-state index in [-0.39, 0.29) is 0 Å². The molecule has 0 aliphatic carbocycles. The van der Waals surface area contributed by atoms with E-state index in [0.717, 1.165) is 15.1 Å². The number of halogens is 1. The summed E-state index contributed by atoms with van der Waals surface area (Å²) in [6.45, 7) is 0.552. The Morgan fingerprint density at radius 2 is 1.94 bits per heavy atom. The van der Waals surface area contributed by atoms with Gasteiger partial charge >= 0.3 is 0 Å². The Labute approximate surface area is 107 Å². The molecule has 0 spiro atoms. The summed E-state index contributed by atoms with van der Waals surface area (Å²) in [5.74, 6) is 0. The molecule has 1 aromatic heterocycles. The highest BCUT2D eigenvalue weighted by atomic mass is 79.9. The standard InChI is InChI=1S/C12H11BrN2S/c13-10-1-3-11(4-2-10)16-12-7-9(8-14)5-6-15-12/h1-7H,8,14H2. The van der Waals surface area contributed by atoms with E-state index in [1.54, 1.807) is 18.0 Å². The minimum absolute atomic E-state index is 0.552. The average molecular weight is 295 g/mol. The Morgan fingerprint density at radius 3 is 2.62 bits per heavy atom. The Bertz CT molecular complexity index is 471. The predicted molar refractivity (Wildman–Crippen MR) is 70.4 cm³/mol. The number of benzene rings is 1. The Balaban J connectivity index is 2.16. The molecule has 1 heterocycles. The Kier molecular flexibility index (Phi) is 3.98. The smallest absolute Gasteiger partial charge is 0.101 e. The first-order valence-electron chi connectivity index (χ1n) is 4.86. The molecular weight excluding hydrogens is 284 g/mol. The summed E-state index contributed by atoms with van der Waals surface area (Å²) < 4.78 is 1.08. The fourth-order valence-corrected chi connectivity index (χ4v) is 2.36. The number of nitrogens with zero attached hydrogens (tertiary/aromatic N) is 1. The molecular formula is C12H11BrN2S. The maximum atomic E-state index is 5.59. The number of nitrogens with two attached hydrogens (primary N) is 1. The van der Waals surface area contributed by atoms with E-state index in [1.165, 1.54) is 4.90 Å². The third-order valence-electron chi connectivity index (χ3n) is 2.07. The SMILES string of the molecule is NCc1ccnc(Sc2ccc(Br)cc2)c1. The van der Waals surface area contributed by atoms with Crippen LogP contribution in [0.3, 0.4) is 0 Å². The van der Waals surface area contributed by atoms with Crippen LogP contribution in [0, 0.1) is 0 Å². The van der Waals surface area contributed by atoms with Crippen molar-refractivity contribution in [1.29, 1.82) is 0 Å². The van der Waals surface area contributed by atoms with E-state index in [0.29, 0.717) is 6.54 Å². The molecule has 0 amide bonds. The lowest BCUT2D eigenvalue weighted by atomic mass is 10.3. The summed E-state index contributed by atoms with van der Waals surface area (Å²) in [6, 6.07) is 12.1. The van der Waals surface area contributed by atoms with Crippen molar-refractivity contribution in [2.24, 2.45) is 5.73 Å². The largest absolute Gasteiger partial charge is 0.326 e. The first-order chi connectivity index (χ1) is 7.78. The Morgan fingerprint density at radius 1 is 1.19 bits per heavy atom. The molecule has 0 unspecified atom stereocenters. The van der Waals surface area contributed by atoms with Crippen molar-refractivity contribution in [2.45, 2.75) is 16.5 Å². The van der Waals surface area contributed by atoms with Crippen molar-refractivity contribution in [3.05, 3.63) is 52.6 Å².